The van der Waals surface area contributed by atoms with Crippen LogP contribution in [0.3, 0.4) is 0 Å². The van der Waals surface area contributed by atoms with Crippen molar-refractivity contribution in [3.05, 3.63) is 0 Å². The fourth-order valence-electron chi connectivity index (χ4n) is 1.16. The summed E-state index contributed by atoms with van der Waals surface area (Å²) in [7, 11) is 0. The maximum absolute atomic E-state index is 5.22. The molecule has 86 valence electrons. The molecule has 0 saturated heterocycles. The van der Waals surface area contributed by atoms with Crippen molar-refractivity contribution in [3.8, 4) is 0 Å². The third kappa shape index (κ3) is 6.35. The first-order valence-corrected chi connectivity index (χ1v) is 5.30. The summed E-state index contributed by atoms with van der Waals surface area (Å²) in [4.78, 5) is 12.7. The van der Waals surface area contributed by atoms with Gasteiger partial charge in [0.25, 0.3) is 0 Å². The van der Waals surface area contributed by atoms with E-state index in [1.165, 1.54) is 0 Å². The van der Waals surface area contributed by atoms with Crippen LogP contribution in [0.5, 0.6) is 0 Å². The Morgan fingerprint density at radius 3 is 1.71 bits per heavy atom. The molecule has 0 aliphatic carbocycles. The molecule has 0 amide bonds. The van der Waals surface area contributed by atoms with E-state index < -0.39 is 0 Å². The maximum atomic E-state index is 5.22. The van der Waals surface area contributed by atoms with E-state index in [1.54, 1.807) is 0 Å². The molecule has 0 N–H and O–H groups in total. The van der Waals surface area contributed by atoms with E-state index in [1.807, 2.05) is 20.8 Å². The van der Waals surface area contributed by atoms with Gasteiger partial charge >= 0.3 is 0 Å². The predicted molar refractivity (Wildman–Crippen MR) is 58.9 cm³/mol. The highest BCUT2D eigenvalue weighted by Gasteiger charge is 2.16. The molecule has 3 heteroatoms. The number of rotatable bonds is 5. The molecule has 14 heavy (non-hydrogen) atoms. The second kappa shape index (κ2) is 5.69. The summed E-state index contributed by atoms with van der Waals surface area (Å²) in [5.74, 6) is 0. The second-order valence-electron chi connectivity index (χ2n) is 5.14. The van der Waals surface area contributed by atoms with Gasteiger partial charge in [-0.3, -0.25) is 4.90 Å². The lowest BCUT2D eigenvalue weighted by Crippen LogP contribution is -2.39. The normalized spacial score (nSPS) is 13.3. The summed E-state index contributed by atoms with van der Waals surface area (Å²) >= 11 is 0. The minimum absolute atomic E-state index is 0.236. The molecule has 0 aliphatic rings. The van der Waals surface area contributed by atoms with Gasteiger partial charge in [-0.1, -0.05) is 0 Å². The van der Waals surface area contributed by atoms with Gasteiger partial charge < -0.3 is 0 Å². The summed E-state index contributed by atoms with van der Waals surface area (Å²) in [5, 5.41) is 0. The van der Waals surface area contributed by atoms with E-state index in [2.05, 4.69) is 32.6 Å². The van der Waals surface area contributed by atoms with Crippen LogP contribution in [0, 0.1) is 0 Å². The number of hydrogen-bond acceptors (Lipinski definition) is 3. The minimum atomic E-state index is -0.236. The van der Waals surface area contributed by atoms with Crippen LogP contribution in [0.25, 0.3) is 0 Å². The molecule has 0 atom stereocenters. The first-order valence-electron chi connectivity index (χ1n) is 5.30. The molecule has 0 aliphatic heterocycles. The molecule has 0 aromatic rings. The van der Waals surface area contributed by atoms with Gasteiger partial charge in [0.05, 0.1) is 5.60 Å². The molecule has 0 unspecified atom stereocenters. The van der Waals surface area contributed by atoms with Crippen LogP contribution in [-0.2, 0) is 9.78 Å². The van der Waals surface area contributed by atoms with Crippen molar-refractivity contribution in [2.75, 3.05) is 6.73 Å². The standard InChI is InChI=1S/C11H25NO2/c1-9(2)12(10(3)4)8-13-14-11(5,6)7/h9-10H,8H2,1-7H3. The molecule has 0 aromatic carbocycles. The Kier molecular flexibility index (Phi) is 5.64. The fourth-order valence-corrected chi connectivity index (χ4v) is 1.16. The summed E-state index contributed by atoms with van der Waals surface area (Å²) in [6, 6.07) is 0.942. The fraction of sp³-hybridized carbons (Fsp3) is 1.00. The lowest BCUT2D eigenvalue weighted by Gasteiger charge is -2.30. The zero-order valence-corrected chi connectivity index (χ0v) is 10.6. The average Bonchev–Trinajstić information content (AvgIpc) is 1.94. The van der Waals surface area contributed by atoms with E-state index in [0.29, 0.717) is 18.8 Å². The van der Waals surface area contributed by atoms with Gasteiger partial charge in [0.1, 0.15) is 6.73 Å². The Hall–Kier alpha value is -0.120. The van der Waals surface area contributed by atoms with Crippen molar-refractivity contribution in [2.45, 2.75) is 66.2 Å². The second-order valence-corrected chi connectivity index (χ2v) is 5.14. The Bertz CT molecular complexity index is 142. The van der Waals surface area contributed by atoms with Crippen molar-refractivity contribution in [3.63, 3.8) is 0 Å². The summed E-state index contributed by atoms with van der Waals surface area (Å²) < 4.78 is 0. The van der Waals surface area contributed by atoms with Crippen molar-refractivity contribution < 1.29 is 9.78 Å². The van der Waals surface area contributed by atoms with Crippen LogP contribution >= 0.6 is 0 Å². The van der Waals surface area contributed by atoms with E-state index in [9.17, 15) is 0 Å². The van der Waals surface area contributed by atoms with Crippen LogP contribution in [0.2, 0.25) is 0 Å². The van der Waals surface area contributed by atoms with Gasteiger partial charge in [0, 0.05) is 12.1 Å². The lowest BCUT2D eigenvalue weighted by atomic mass is 10.2. The van der Waals surface area contributed by atoms with Gasteiger partial charge in [-0.25, -0.2) is 9.78 Å². The predicted octanol–water partition coefficient (Wildman–Crippen LogP) is 2.81. The van der Waals surface area contributed by atoms with Crippen LogP contribution in [0.4, 0.5) is 0 Å². The Morgan fingerprint density at radius 2 is 1.43 bits per heavy atom. The lowest BCUT2D eigenvalue weighted by molar-refractivity contribution is -0.367. The Balaban J connectivity index is 3.84. The van der Waals surface area contributed by atoms with Crippen molar-refractivity contribution in [2.24, 2.45) is 0 Å². The number of hydrogen-bond donors (Lipinski definition) is 0. The Morgan fingerprint density at radius 1 is 1.00 bits per heavy atom. The molecule has 0 aromatic heterocycles. The van der Waals surface area contributed by atoms with Crippen LogP contribution in [-0.4, -0.2) is 29.3 Å². The monoisotopic (exact) mass is 203 g/mol. The summed E-state index contributed by atoms with van der Waals surface area (Å²) in [5.41, 5.74) is -0.236. The van der Waals surface area contributed by atoms with Gasteiger partial charge in [-0.2, -0.15) is 0 Å². The molecular weight excluding hydrogens is 178 g/mol. The van der Waals surface area contributed by atoms with Gasteiger partial charge in [-0.05, 0) is 48.5 Å². The van der Waals surface area contributed by atoms with E-state index in [0.717, 1.165) is 0 Å². The highest BCUT2D eigenvalue weighted by atomic mass is 17.2. The minimum Gasteiger partial charge on any atom is -0.273 e. The van der Waals surface area contributed by atoms with E-state index in [4.69, 9.17) is 9.78 Å². The van der Waals surface area contributed by atoms with Crippen LogP contribution < -0.4 is 0 Å². The molecular formula is C11H25NO2. The molecule has 0 fully saturated rings. The molecule has 3 nitrogen and oxygen atoms in total. The first-order chi connectivity index (χ1) is 6.24. The average molecular weight is 203 g/mol. The molecule has 0 rings (SSSR count). The smallest absolute Gasteiger partial charge is 0.135 e. The SMILES string of the molecule is CC(C)N(COOC(C)(C)C)C(C)C. The van der Waals surface area contributed by atoms with Crippen LogP contribution in [0.1, 0.15) is 48.5 Å². The largest absolute Gasteiger partial charge is 0.273 e. The van der Waals surface area contributed by atoms with Crippen LogP contribution in [0.15, 0.2) is 0 Å². The highest BCUT2D eigenvalue weighted by molar-refractivity contribution is 4.63. The van der Waals surface area contributed by atoms with Gasteiger partial charge in [-0.15, -0.1) is 0 Å². The maximum Gasteiger partial charge on any atom is 0.135 e. The third-order valence-corrected chi connectivity index (χ3v) is 1.84. The first kappa shape index (κ1) is 13.9. The molecule has 0 radical (unpaired) electrons. The third-order valence-electron chi connectivity index (χ3n) is 1.84. The van der Waals surface area contributed by atoms with E-state index >= 15 is 0 Å². The molecule has 0 spiro atoms. The van der Waals surface area contributed by atoms with Gasteiger partial charge in [0.2, 0.25) is 0 Å². The van der Waals surface area contributed by atoms with Crippen molar-refractivity contribution in [1.29, 1.82) is 0 Å². The number of nitrogens with zero attached hydrogens (tertiary/aromatic N) is 1. The van der Waals surface area contributed by atoms with E-state index in [-0.39, 0.29) is 5.60 Å². The van der Waals surface area contributed by atoms with Crippen molar-refractivity contribution in [1.82, 2.24) is 4.90 Å². The topological polar surface area (TPSA) is 21.7 Å². The highest BCUT2D eigenvalue weighted by Crippen LogP contribution is 2.10. The zero-order valence-electron chi connectivity index (χ0n) is 10.6. The molecule has 0 saturated carbocycles. The Labute approximate surface area is 88.3 Å². The van der Waals surface area contributed by atoms with Crippen molar-refractivity contribution >= 4 is 0 Å². The zero-order chi connectivity index (χ0) is 11.4. The quantitative estimate of drug-likeness (QED) is 0.389. The molecule has 0 bridgehead atoms. The molecule has 0 heterocycles. The van der Waals surface area contributed by atoms with Gasteiger partial charge in [0.15, 0.2) is 0 Å². The summed E-state index contributed by atoms with van der Waals surface area (Å²) in [6.45, 7) is 15.1. The summed E-state index contributed by atoms with van der Waals surface area (Å²) in [6.07, 6.45) is 0.